The van der Waals surface area contributed by atoms with E-state index in [9.17, 15) is 10.2 Å². The highest BCUT2D eigenvalue weighted by atomic mass is 16.3. The van der Waals surface area contributed by atoms with Crippen LogP contribution in [0.25, 0.3) is 0 Å². The monoisotopic (exact) mass is 597 g/mol. The maximum atomic E-state index is 9.95. The number of rotatable bonds is 34. The molecule has 2 N–H and O–H groups in total. The smallest absolute Gasteiger partial charge is 0.0540 e. The standard InChI is InChI=1S/2C20H42O/c1-3-5-7-9-11-12-13-15-17-19-20(21)18-16-14-10-8-6-4-2;1-3-5-7-9-11-12-14-16-18-20(19-21)17-15-13-10-8-6-4-2/h2*20-21H,3-19H2,1-2H3. The molecule has 256 valence electrons. The lowest BCUT2D eigenvalue weighted by Gasteiger charge is -2.13. The highest BCUT2D eigenvalue weighted by molar-refractivity contribution is 4.60. The molecule has 0 aliphatic carbocycles. The van der Waals surface area contributed by atoms with Crippen LogP contribution < -0.4 is 0 Å². The predicted octanol–water partition coefficient (Wildman–Crippen LogP) is 13.9. The summed E-state index contributed by atoms with van der Waals surface area (Å²) in [5.74, 6) is 0.580. The molecule has 0 aromatic carbocycles. The van der Waals surface area contributed by atoms with Crippen LogP contribution in [0.2, 0.25) is 0 Å². The van der Waals surface area contributed by atoms with Gasteiger partial charge < -0.3 is 10.2 Å². The summed E-state index contributed by atoms with van der Waals surface area (Å²) in [6.07, 6.45) is 44.2. The Morgan fingerprint density at radius 1 is 0.310 bits per heavy atom. The second kappa shape index (κ2) is 40.9. The van der Waals surface area contributed by atoms with E-state index in [0.29, 0.717) is 12.5 Å². The summed E-state index contributed by atoms with van der Waals surface area (Å²) < 4.78 is 0. The van der Waals surface area contributed by atoms with Crippen LogP contribution in [0.4, 0.5) is 0 Å². The molecule has 0 aliphatic heterocycles. The summed E-state index contributed by atoms with van der Waals surface area (Å²) in [5.41, 5.74) is 0. The summed E-state index contributed by atoms with van der Waals surface area (Å²) in [6.45, 7) is 9.49. The molecule has 2 atom stereocenters. The minimum absolute atomic E-state index is 0.0271. The zero-order valence-electron chi connectivity index (χ0n) is 30.1. The Balaban J connectivity index is 0. The molecule has 0 bridgehead atoms. The minimum Gasteiger partial charge on any atom is -0.396 e. The largest absolute Gasteiger partial charge is 0.396 e. The number of unbranched alkanes of at least 4 members (excludes halogenated alkanes) is 25. The predicted molar refractivity (Wildman–Crippen MR) is 192 cm³/mol. The average Bonchev–Trinajstić information content (AvgIpc) is 3.00. The topological polar surface area (TPSA) is 40.5 Å². The average molecular weight is 597 g/mol. The van der Waals surface area contributed by atoms with E-state index >= 15 is 0 Å². The molecule has 0 aromatic heterocycles. The molecule has 2 nitrogen and oxygen atoms in total. The van der Waals surface area contributed by atoms with E-state index < -0.39 is 0 Å². The van der Waals surface area contributed by atoms with Gasteiger partial charge in [0.1, 0.15) is 0 Å². The van der Waals surface area contributed by atoms with E-state index in [1.165, 1.54) is 199 Å². The van der Waals surface area contributed by atoms with Gasteiger partial charge in [-0.25, -0.2) is 0 Å². The molecule has 42 heavy (non-hydrogen) atoms. The molecule has 0 rings (SSSR count). The van der Waals surface area contributed by atoms with Gasteiger partial charge in [0.2, 0.25) is 0 Å². The Labute approximate surface area is 268 Å². The maximum absolute atomic E-state index is 9.95. The highest BCUT2D eigenvalue weighted by Gasteiger charge is 2.07. The molecule has 0 saturated heterocycles. The Morgan fingerprint density at radius 2 is 0.524 bits per heavy atom. The second-order valence-electron chi connectivity index (χ2n) is 13.7. The van der Waals surface area contributed by atoms with Gasteiger partial charge >= 0.3 is 0 Å². The summed E-state index contributed by atoms with van der Waals surface area (Å²) in [6, 6.07) is 0. The quantitative estimate of drug-likeness (QED) is 0.0725. The number of hydrogen-bond donors (Lipinski definition) is 2. The Kier molecular flexibility index (Phi) is 42.9. The summed E-state index contributed by atoms with van der Waals surface area (Å²) in [4.78, 5) is 0. The van der Waals surface area contributed by atoms with Crippen LogP contribution in [0.5, 0.6) is 0 Å². The van der Waals surface area contributed by atoms with Crippen molar-refractivity contribution in [2.24, 2.45) is 5.92 Å². The Bertz CT molecular complexity index is 437. The Morgan fingerprint density at radius 3 is 0.762 bits per heavy atom. The molecule has 0 fully saturated rings. The lowest BCUT2D eigenvalue weighted by atomic mass is 9.95. The molecular formula is C40H84O2. The van der Waals surface area contributed by atoms with Crippen molar-refractivity contribution in [3.05, 3.63) is 0 Å². The highest BCUT2D eigenvalue weighted by Crippen LogP contribution is 2.19. The van der Waals surface area contributed by atoms with Crippen molar-refractivity contribution >= 4 is 0 Å². The Hall–Kier alpha value is -0.0800. The fourth-order valence-corrected chi connectivity index (χ4v) is 6.10. The zero-order chi connectivity index (χ0) is 31.2. The summed E-state index contributed by atoms with van der Waals surface area (Å²) >= 11 is 0. The molecule has 2 unspecified atom stereocenters. The van der Waals surface area contributed by atoms with E-state index in [0.717, 1.165) is 12.8 Å². The SMILES string of the molecule is CCCCCCCCCCC(CO)CCCCCCCC.CCCCCCCCCCCC(O)CCCCCCCC. The van der Waals surface area contributed by atoms with Gasteiger partial charge in [0, 0.05) is 6.61 Å². The van der Waals surface area contributed by atoms with E-state index in [1.807, 2.05) is 0 Å². The van der Waals surface area contributed by atoms with Crippen molar-refractivity contribution in [2.75, 3.05) is 6.61 Å². The third kappa shape index (κ3) is 39.9. The first-order valence-electron chi connectivity index (χ1n) is 19.9. The van der Waals surface area contributed by atoms with Gasteiger partial charge in [0.25, 0.3) is 0 Å². The summed E-state index contributed by atoms with van der Waals surface area (Å²) in [7, 11) is 0. The molecule has 0 spiro atoms. The first-order chi connectivity index (χ1) is 20.7. The second-order valence-corrected chi connectivity index (χ2v) is 13.7. The molecule has 0 radical (unpaired) electrons. The molecule has 0 aliphatic rings. The van der Waals surface area contributed by atoms with Crippen molar-refractivity contribution in [1.29, 1.82) is 0 Å². The fraction of sp³-hybridized carbons (Fsp3) is 1.00. The van der Waals surface area contributed by atoms with Crippen LogP contribution in [0.15, 0.2) is 0 Å². The lowest BCUT2D eigenvalue weighted by molar-refractivity contribution is 0.147. The molecule has 0 saturated carbocycles. The third-order valence-electron chi connectivity index (χ3n) is 9.22. The van der Waals surface area contributed by atoms with E-state index in [2.05, 4.69) is 27.7 Å². The van der Waals surface area contributed by atoms with Gasteiger partial charge in [0.05, 0.1) is 6.10 Å². The number of hydrogen-bond acceptors (Lipinski definition) is 2. The molecule has 0 amide bonds. The van der Waals surface area contributed by atoms with E-state index in [1.54, 1.807) is 0 Å². The van der Waals surface area contributed by atoms with Crippen LogP contribution in [-0.4, -0.2) is 22.9 Å². The summed E-state index contributed by atoms with van der Waals surface area (Å²) in [5, 5.41) is 19.4. The lowest BCUT2D eigenvalue weighted by Crippen LogP contribution is -2.06. The fourth-order valence-electron chi connectivity index (χ4n) is 6.10. The van der Waals surface area contributed by atoms with Crippen molar-refractivity contribution in [1.82, 2.24) is 0 Å². The van der Waals surface area contributed by atoms with Gasteiger partial charge in [0.15, 0.2) is 0 Å². The van der Waals surface area contributed by atoms with Crippen molar-refractivity contribution in [2.45, 2.75) is 246 Å². The van der Waals surface area contributed by atoms with E-state index in [4.69, 9.17) is 0 Å². The van der Waals surface area contributed by atoms with Crippen LogP contribution in [0.3, 0.4) is 0 Å². The van der Waals surface area contributed by atoms with Crippen LogP contribution >= 0.6 is 0 Å². The molecule has 0 aromatic rings. The van der Waals surface area contributed by atoms with Gasteiger partial charge in [-0.1, -0.05) is 214 Å². The van der Waals surface area contributed by atoms with Crippen LogP contribution in [0, 0.1) is 5.92 Å². The van der Waals surface area contributed by atoms with Crippen LogP contribution in [0.1, 0.15) is 240 Å². The maximum Gasteiger partial charge on any atom is 0.0540 e. The molecule has 0 heterocycles. The molecular weight excluding hydrogens is 512 g/mol. The molecule has 2 heteroatoms. The first-order valence-corrected chi connectivity index (χ1v) is 19.9. The van der Waals surface area contributed by atoms with E-state index in [-0.39, 0.29) is 6.10 Å². The van der Waals surface area contributed by atoms with Crippen molar-refractivity contribution < 1.29 is 10.2 Å². The van der Waals surface area contributed by atoms with Gasteiger partial charge in [-0.3, -0.25) is 0 Å². The van der Waals surface area contributed by atoms with Crippen molar-refractivity contribution in [3.63, 3.8) is 0 Å². The first kappa shape index (κ1) is 44.0. The zero-order valence-corrected chi connectivity index (χ0v) is 30.1. The number of aliphatic hydroxyl groups excluding tert-OH is 2. The van der Waals surface area contributed by atoms with Gasteiger partial charge in [-0.2, -0.15) is 0 Å². The minimum atomic E-state index is -0.0271. The van der Waals surface area contributed by atoms with Crippen LogP contribution in [-0.2, 0) is 0 Å². The third-order valence-corrected chi connectivity index (χ3v) is 9.22. The van der Waals surface area contributed by atoms with Gasteiger partial charge in [-0.05, 0) is 31.6 Å². The van der Waals surface area contributed by atoms with Gasteiger partial charge in [-0.15, -0.1) is 0 Å². The normalized spacial score (nSPS) is 12.7. The number of aliphatic hydroxyl groups is 2. The van der Waals surface area contributed by atoms with Crippen molar-refractivity contribution in [3.8, 4) is 0 Å².